The van der Waals surface area contributed by atoms with Crippen LogP contribution in [0.3, 0.4) is 0 Å². The van der Waals surface area contributed by atoms with Crippen LogP contribution in [0.1, 0.15) is 43.0 Å². The second kappa shape index (κ2) is 5.79. The van der Waals surface area contributed by atoms with E-state index in [0.29, 0.717) is 18.8 Å². The lowest BCUT2D eigenvalue weighted by Gasteiger charge is -2.35. The third-order valence-electron chi connectivity index (χ3n) is 3.88. The first-order valence-corrected chi connectivity index (χ1v) is 6.95. The number of nitrogen functional groups attached to an aromatic ring is 1. The summed E-state index contributed by atoms with van der Waals surface area (Å²) in [5, 5.41) is 13.0. The molecule has 0 aliphatic heterocycles. The Hall–Kier alpha value is -1.62. The van der Waals surface area contributed by atoms with Gasteiger partial charge in [0, 0.05) is 12.2 Å². The highest BCUT2D eigenvalue weighted by Crippen LogP contribution is 2.31. The minimum Gasteiger partial charge on any atom is -0.399 e. The summed E-state index contributed by atoms with van der Waals surface area (Å²) in [5.41, 5.74) is 4.79. The summed E-state index contributed by atoms with van der Waals surface area (Å²) in [6.45, 7) is 2.24. The van der Waals surface area contributed by atoms with E-state index in [2.05, 4.69) is 12.2 Å². The zero-order valence-electron chi connectivity index (χ0n) is 11.7. The minimum atomic E-state index is -0.877. The molecule has 4 nitrogen and oxygen atoms in total. The zero-order valence-corrected chi connectivity index (χ0v) is 11.7. The zero-order chi connectivity index (χ0) is 14.8. The van der Waals surface area contributed by atoms with Gasteiger partial charge in [-0.3, -0.25) is 4.79 Å². The Morgan fingerprint density at radius 3 is 3.00 bits per heavy atom. The maximum Gasteiger partial charge on any atom is 0.254 e. The third kappa shape index (κ3) is 3.48. The highest BCUT2D eigenvalue weighted by molar-refractivity contribution is 5.94. The Kier molecular flexibility index (Phi) is 4.28. The number of nitrogens with two attached hydrogens (primary N) is 1. The maximum absolute atomic E-state index is 13.6. The van der Waals surface area contributed by atoms with Crippen LogP contribution in [0.5, 0.6) is 0 Å². The summed E-state index contributed by atoms with van der Waals surface area (Å²) in [7, 11) is 0. The molecule has 1 fully saturated rings. The summed E-state index contributed by atoms with van der Waals surface area (Å²) in [6.07, 6.45) is 3.38. The second-order valence-corrected chi connectivity index (χ2v) is 5.85. The highest BCUT2D eigenvalue weighted by atomic mass is 19.1. The maximum atomic E-state index is 13.6. The molecule has 0 saturated heterocycles. The molecule has 0 radical (unpaired) electrons. The van der Waals surface area contributed by atoms with Crippen molar-refractivity contribution in [2.75, 3.05) is 12.3 Å². The van der Waals surface area contributed by atoms with Crippen LogP contribution in [0.2, 0.25) is 0 Å². The van der Waals surface area contributed by atoms with Crippen molar-refractivity contribution in [3.63, 3.8) is 0 Å². The topological polar surface area (TPSA) is 75.3 Å². The number of hydrogen-bond acceptors (Lipinski definition) is 3. The van der Waals surface area contributed by atoms with E-state index in [-0.39, 0.29) is 17.8 Å². The molecule has 110 valence electrons. The van der Waals surface area contributed by atoms with Gasteiger partial charge in [-0.2, -0.15) is 0 Å². The molecule has 0 aromatic heterocycles. The molecule has 1 aromatic carbocycles. The minimum absolute atomic E-state index is 0.0494. The molecule has 1 aliphatic rings. The number of carbonyl (C=O) groups is 1. The third-order valence-corrected chi connectivity index (χ3v) is 3.88. The number of benzene rings is 1. The quantitative estimate of drug-likeness (QED) is 0.742. The molecule has 1 aliphatic carbocycles. The molecule has 1 amide bonds. The Morgan fingerprint density at radius 1 is 1.60 bits per heavy atom. The van der Waals surface area contributed by atoms with Crippen LogP contribution in [-0.2, 0) is 0 Å². The van der Waals surface area contributed by atoms with Crippen LogP contribution in [0.4, 0.5) is 10.1 Å². The van der Waals surface area contributed by atoms with Crippen LogP contribution >= 0.6 is 0 Å². The molecular formula is C15H21FN2O2. The molecule has 2 rings (SSSR count). The first-order valence-electron chi connectivity index (χ1n) is 6.95. The average molecular weight is 280 g/mol. The van der Waals surface area contributed by atoms with E-state index < -0.39 is 17.3 Å². The van der Waals surface area contributed by atoms with Gasteiger partial charge in [-0.1, -0.05) is 19.8 Å². The van der Waals surface area contributed by atoms with Crippen LogP contribution in [0.25, 0.3) is 0 Å². The summed E-state index contributed by atoms with van der Waals surface area (Å²) >= 11 is 0. The van der Waals surface area contributed by atoms with Crippen LogP contribution < -0.4 is 11.1 Å². The van der Waals surface area contributed by atoms with Gasteiger partial charge in [0.2, 0.25) is 0 Å². The number of amides is 1. The van der Waals surface area contributed by atoms with E-state index >= 15 is 0 Å². The van der Waals surface area contributed by atoms with E-state index in [1.54, 1.807) is 0 Å². The smallest absolute Gasteiger partial charge is 0.254 e. The van der Waals surface area contributed by atoms with Crippen LogP contribution in [0.15, 0.2) is 18.2 Å². The van der Waals surface area contributed by atoms with Gasteiger partial charge in [-0.25, -0.2) is 4.39 Å². The number of nitrogens with one attached hydrogen (secondary N) is 1. The molecule has 1 saturated carbocycles. The molecule has 2 unspecified atom stereocenters. The molecule has 4 N–H and O–H groups in total. The number of anilines is 1. The van der Waals surface area contributed by atoms with Gasteiger partial charge in [-0.15, -0.1) is 0 Å². The van der Waals surface area contributed by atoms with Crippen molar-refractivity contribution < 1.29 is 14.3 Å². The Labute approximate surface area is 118 Å². The fourth-order valence-electron chi connectivity index (χ4n) is 2.85. The molecule has 20 heavy (non-hydrogen) atoms. The highest BCUT2D eigenvalue weighted by Gasteiger charge is 2.33. The van der Waals surface area contributed by atoms with Gasteiger partial charge in [-0.05, 0) is 37.0 Å². The number of hydrogen-bond donors (Lipinski definition) is 3. The van der Waals surface area contributed by atoms with Crippen molar-refractivity contribution in [3.8, 4) is 0 Å². The predicted octanol–water partition coefficient (Wildman–Crippen LogP) is 2.08. The summed E-state index contributed by atoms with van der Waals surface area (Å²) in [4.78, 5) is 11.9. The number of aliphatic hydroxyl groups is 1. The van der Waals surface area contributed by atoms with Gasteiger partial charge in [0.05, 0.1) is 11.2 Å². The standard InChI is InChI=1S/C15H21FN2O2/c1-10-3-2-6-15(20,8-10)9-18-14(19)12-5-4-11(17)7-13(12)16/h4-5,7,10,20H,2-3,6,8-9,17H2,1H3,(H,18,19). The van der Waals surface area contributed by atoms with Crippen molar-refractivity contribution >= 4 is 11.6 Å². The molecule has 5 heteroatoms. The van der Waals surface area contributed by atoms with Crippen molar-refractivity contribution in [3.05, 3.63) is 29.6 Å². The van der Waals surface area contributed by atoms with Crippen molar-refractivity contribution in [1.29, 1.82) is 0 Å². The molecule has 2 atom stereocenters. The molecular weight excluding hydrogens is 259 g/mol. The largest absolute Gasteiger partial charge is 0.399 e. The number of rotatable bonds is 3. The first-order chi connectivity index (χ1) is 9.39. The van der Waals surface area contributed by atoms with Crippen LogP contribution in [-0.4, -0.2) is 23.2 Å². The lowest BCUT2D eigenvalue weighted by atomic mass is 9.79. The summed E-state index contributed by atoms with van der Waals surface area (Å²) in [5.74, 6) is -0.723. The van der Waals surface area contributed by atoms with Crippen molar-refractivity contribution in [2.45, 2.75) is 38.2 Å². The van der Waals surface area contributed by atoms with Crippen LogP contribution in [0, 0.1) is 11.7 Å². The van der Waals surface area contributed by atoms with Gasteiger partial charge in [0.25, 0.3) is 5.91 Å². The predicted molar refractivity (Wildman–Crippen MR) is 75.7 cm³/mol. The Morgan fingerprint density at radius 2 is 2.35 bits per heavy atom. The van der Waals surface area contributed by atoms with E-state index in [1.807, 2.05) is 0 Å². The number of halogens is 1. The Bertz CT molecular complexity index is 507. The lowest BCUT2D eigenvalue weighted by Crippen LogP contribution is -2.45. The molecule has 0 spiro atoms. The first kappa shape index (κ1) is 14.8. The second-order valence-electron chi connectivity index (χ2n) is 5.85. The van der Waals surface area contributed by atoms with E-state index in [9.17, 15) is 14.3 Å². The normalized spacial score (nSPS) is 26.2. The van der Waals surface area contributed by atoms with Crippen molar-refractivity contribution in [2.24, 2.45) is 5.92 Å². The molecule has 0 bridgehead atoms. The monoisotopic (exact) mass is 280 g/mol. The van der Waals surface area contributed by atoms with Gasteiger partial charge in [0.1, 0.15) is 5.82 Å². The lowest BCUT2D eigenvalue weighted by molar-refractivity contribution is -0.0109. The Balaban J connectivity index is 1.98. The van der Waals surface area contributed by atoms with E-state index in [0.717, 1.165) is 18.9 Å². The van der Waals surface area contributed by atoms with Gasteiger partial charge in [0.15, 0.2) is 0 Å². The van der Waals surface area contributed by atoms with Crippen molar-refractivity contribution in [1.82, 2.24) is 5.32 Å². The molecule has 1 aromatic rings. The van der Waals surface area contributed by atoms with Gasteiger partial charge < -0.3 is 16.2 Å². The average Bonchev–Trinajstić information content (AvgIpc) is 2.36. The summed E-state index contributed by atoms with van der Waals surface area (Å²) in [6, 6.07) is 3.95. The fraction of sp³-hybridized carbons (Fsp3) is 0.533. The van der Waals surface area contributed by atoms with E-state index in [4.69, 9.17) is 5.73 Å². The fourth-order valence-corrected chi connectivity index (χ4v) is 2.85. The molecule has 0 heterocycles. The van der Waals surface area contributed by atoms with Gasteiger partial charge >= 0.3 is 0 Å². The van der Waals surface area contributed by atoms with E-state index in [1.165, 1.54) is 12.1 Å². The summed E-state index contributed by atoms with van der Waals surface area (Å²) < 4.78 is 13.6. The SMILES string of the molecule is CC1CCCC(O)(CNC(=O)c2ccc(N)cc2F)C1. The number of carbonyl (C=O) groups excluding carboxylic acids is 1.